The van der Waals surface area contributed by atoms with Crippen molar-refractivity contribution in [1.29, 1.82) is 5.41 Å². The number of hydrogen-bond acceptors (Lipinski definition) is 2. The first-order valence-electron chi connectivity index (χ1n) is 5.47. The number of amidine groups is 1. The van der Waals surface area contributed by atoms with E-state index < -0.39 is 17.6 Å². The average Bonchev–Trinajstić information content (AvgIpc) is 2.37. The highest BCUT2D eigenvalue weighted by Crippen LogP contribution is 2.38. The predicted octanol–water partition coefficient (Wildman–Crippen LogP) is 3.19. The minimum Gasteiger partial charge on any atom is -0.382 e. The van der Waals surface area contributed by atoms with Gasteiger partial charge in [-0.1, -0.05) is 12.1 Å². The van der Waals surface area contributed by atoms with Crippen LogP contribution < -0.4 is 5.73 Å². The Morgan fingerprint density at radius 3 is 2.50 bits per heavy atom. The van der Waals surface area contributed by atoms with E-state index in [1.807, 2.05) is 0 Å². The lowest BCUT2D eigenvalue weighted by atomic mass is 9.99. The van der Waals surface area contributed by atoms with Crippen molar-refractivity contribution in [2.45, 2.75) is 6.18 Å². The average molecular weight is 283 g/mol. The molecule has 104 valence electrons. The molecule has 20 heavy (non-hydrogen) atoms. The van der Waals surface area contributed by atoms with Gasteiger partial charge in [0.05, 0.1) is 5.56 Å². The Morgan fingerprint density at radius 1 is 1.20 bits per heavy atom. The summed E-state index contributed by atoms with van der Waals surface area (Å²) in [6.07, 6.45) is -3.60. The second-order valence-corrected chi connectivity index (χ2v) is 4.00. The van der Waals surface area contributed by atoms with Gasteiger partial charge in [0.25, 0.3) is 0 Å². The Bertz CT molecular complexity index is 665. The van der Waals surface area contributed by atoms with Crippen LogP contribution in [-0.2, 0) is 6.18 Å². The number of benzene rings is 1. The molecule has 3 nitrogen and oxygen atoms in total. The topological polar surface area (TPSA) is 62.8 Å². The summed E-state index contributed by atoms with van der Waals surface area (Å²) >= 11 is 0. The van der Waals surface area contributed by atoms with Gasteiger partial charge in [-0.2, -0.15) is 13.2 Å². The number of nitrogens with zero attached hydrogens (tertiary/aromatic N) is 1. The summed E-state index contributed by atoms with van der Waals surface area (Å²) in [5, 5.41) is 7.23. The van der Waals surface area contributed by atoms with Gasteiger partial charge in [-0.05, 0) is 29.3 Å². The highest BCUT2D eigenvalue weighted by atomic mass is 19.4. The molecule has 0 spiro atoms. The zero-order valence-electron chi connectivity index (χ0n) is 10.0. The molecule has 2 aromatic rings. The number of nitrogens with two attached hydrogens (primary N) is 1. The predicted molar refractivity (Wildman–Crippen MR) is 65.6 cm³/mol. The van der Waals surface area contributed by atoms with Gasteiger partial charge in [0.2, 0.25) is 0 Å². The Balaban J connectivity index is 2.67. The van der Waals surface area contributed by atoms with Crippen molar-refractivity contribution in [2.75, 3.05) is 0 Å². The Morgan fingerprint density at radius 2 is 1.90 bits per heavy atom. The summed E-state index contributed by atoms with van der Waals surface area (Å²) in [6, 6.07) is 5.61. The van der Waals surface area contributed by atoms with Gasteiger partial charge in [0.1, 0.15) is 17.3 Å². The summed E-state index contributed by atoms with van der Waals surface area (Å²) in [7, 11) is 0. The normalized spacial score (nSPS) is 11.4. The van der Waals surface area contributed by atoms with Crippen LogP contribution >= 0.6 is 0 Å². The second kappa shape index (κ2) is 4.92. The summed E-state index contributed by atoms with van der Waals surface area (Å²) in [6.45, 7) is 0. The number of alkyl halides is 3. The van der Waals surface area contributed by atoms with Crippen LogP contribution in [0.5, 0.6) is 0 Å². The molecule has 1 aromatic heterocycles. The molecule has 0 amide bonds. The lowest BCUT2D eigenvalue weighted by molar-refractivity contribution is -0.139. The van der Waals surface area contributed by atoms with Crippen molar-refractivity contribution in [3.63, 3.8) is 0 Å². The molecule has 0 aliphatic heterocycles. The first-order chi connectivity index (χ1) is 9.30. The fourth-order valence-corrected chi connectivity index (χ4v) is 1.80. The molecule has 0 radical (unpaired) electrons. The number of nitrogen functional groups attached to an aromatic ring is 1. The number of rotatable bonds is 2. The maximum absolute atomic E-state index is 13.5. The van der Waals surface area contributed by atoms with Crippen LogP contribution in [0.25, 0.3) is 11.1 Å². The summed E-state index contributed by atoms with van der Waals surface area (Å²) in [4.78, 5) is 3.75. The van der Waals surface area contributed by atoms with Crippen LogP contribution in [0.3, 0.4) is 0 Å². The quantitative estimate of drug-likeness (QED) is 0.505. The molecule has 3 N–H and O–H groups in total. The molecule has 0 fully saturated rings. The van der Waals surface area contributed by atoms with Gasteiger partial charge < -0.3 is 5.73 Å². The minimum atomic E-state index is -4.82. The van der Waals surface area contributed by atoms with Crippen LogP contribution in [0.2, 0.25) is 0 Å². The maximum atomic E-state index is 13.5. The molecule has 2 rings (SSSR count). The van der Waals surface area contributed by atoms with E-state index >= 15 is 0 Å². The maximum Gasteiger partial charge on any atom is 0.419 e. The molecule has 0 saturated carbocycles. The van der Waals surface area contributed by atoms with Crippen molar-refractivity contribution in [3.8, 4) is 11.1 Å². The van der Waals surface area contributed by atoms with Crippen LogP contribution in [0, 0.1) is 11.2 Å². The highest BCUT2D eigenvalue weighted by Gasteiger charge is 2.37. The standard InChI is InChI=1S/C13H9F4N3/c14-9-3-1-2-8(11(9)13(15,16)17)7-4-5-20-10(6-7)12(18)19/h1-6H,(H3,18,19). The molecule has 0 unspecified atom stereocenters. The van der Waals surface area contributed by atoms with Crippen LogP contribution in [0.4, 0.5) is 17.6 Å². The molecule has 7 heteroatoms. The number of aromatic nitrogens is 1. The van der Waals surface area contributed by atoms with E-state index in [2.05, 4.69) is 4.98 Å². The lowest BCUT2D eigenvalue weighted by Crippen LogP contribution is -2.13. The van der Waals surface area contributed by atoms with Crippen LogP contribution in [0.1, 0.15) is 11.3 Å². The largest absolute Gasteiger partial charge is 0.419 e. The molecule has 0 aliphatic rings. The molecule has 1 aromatic carbocycles. The lowest BCUT2D eigenvalue weighted by Gasteiger charge is -2.14. The highest BCUT2D eigenvalue weighted by molar-refractivity contribution is 5.94. The number of hydrogen-bond donors (Lipinski definition) is 2. The van der Waals surface area contributed by atoms with E-state index in [9.17, 15) is 17.6 Å². The Labute approximate surface area is 111 Å². The summed E-state index contributed by atoms with van der Waals surface area (Å²) in [5.74, 6) is -1.73. The third-order valence-electron chi connectivity index (χ3n) is 2.64. The number of nitrogens with one attached hydrogen (secondary N) is 1. The third kappa shape index (κ3) is 2.61. The smallest absolute Gasteiger partial charge is 0.382 e. The van der Waals surface area contributed by atoms with Gasteiger partial charge >= 0.3 is 6.18 Å². The van der Waals surface area contributed by atoms with Crippen molar-refractivity contribution in [1.82, 2.24) is 4.98 Å². The molecule has 0 bridgehead atoms. The van der Waals surface area contributed by atoms with E-state index in [1.165, 1.54) is 24.4 Å². The summed E-state index contributed by atoms with van der Waals surface area (Å²) in [5.41, 5.74) is 3.70. The van der Waals surface area contributed by atoms with E-state index in [0.717, 1.165) is 12.1 Å². The van der Waals surface area contributed by atoms with Crippen LogP contribution in [-0.4, -0.2) is 10.8 Å². The minimum absolute atomic E-state index is 0.0277. The summed E-state index contributed by atoms with van der Waals surface area (Å²) < 4.78 is 52.3. The van der Waals surface area contributed by atoms with Crippen molar-refractivity contribution >= 4 is 5.84 Å². The molecular weight excluding hydrogens is 274 g/mol. The van der Waals surface area contributed by atoms with Gasteiger partial charge in [0, 0.05) is 6.20 Å². The van der Waals surface area contributed by atoms with Crippen molar-refractivity contribution in [3.05, 3.63) is 53.6 Å². The molecule has 0 saturated heterocycles. The van der Waals surface area contributed by atoms with E-state index in [-0.39, 0.29) is 22.7 Å². The molecule has 0 atom stereocenters. The molecular formula is C13H9F4N3. The number of pyridine rings is 1. The SMILES string of the molecule is N=C(N)c1cc(-c2cccc(F)c2C(F)(F)F)ccn1. The van der Waals surface area contributed by atoms with Crippen molar-refractivity contribution < 1.29 is 17.6 Å². The Kier molecular flexibility index (Phi) is 3.44. The fraction of sp³-hybridized carbons (Fsp3) is 0.0769. The van der Waals surface area contributed by atoms with Crippen LogP contribution in [0.15, 0.2) is 36.5 Å². The fourth-order valence-electron chi connectivity index (χ4n) is 1.80. The van der Waals surface area contributed by atoms with Gasteiger partial charge in [0.15, 0.2) is 0 Å². The molecule has 1 heterocycles. The van der Waals surface area contributed by atoms with E-state index in [4.69, 9.17) is 11.1 Å². The first kappa shape index (κ1) is 14.0. The number of halogens is 4. The first-order valence-corrected chi connectivity index (χ1v) is 5.47. The van der Waals surface area contributed by atoms with Gasteiger partial charge in [-0.15, -0.1) is 0 Å². The van der Waals surface area contributed by atoms with E-state index in [1.54, 1.807) is 0 Å². The van der Waals surface area contributed by atoms with Crippen molar-refractivity contribution in [2.24, 2.45) is 5.73 Å². The van der Waals surface area contributed by atoms with Gasteiger partial charge in [-0.25, -0.2) is 4.39 Å². The Hall–Kier alpha value is -2.44. The van der Waals surface area contributed by atoms with E-state index in [0.29, 0.717) is 0 Å². The monoisotopic (exact) mass is 283 g/mol. The zero-order valence-corrected chi connectivity index (χ0v) is 10.0. The third-order valence-corrected chi connectivity index (χ3v) is 2.64. The second-order valence-electron chi connectivity index (χ2n) is 4.00. The van der Waals surface area contributed by atoms with Gasteiger partial charge in [-0.3, -0.25) is 10.4 Å². The zero-order chi connectivity index (χ0) is 14.9. The molecule has 0 aliphatic carbocycles.